The summed E-state index contributed by atoms with van der Waals surface area (Å²) in [7, 11) is 0. The lowest BCUT2D eigenvalue weighted by atomic mass is 9.98. The topological polar surface area (TPSA) is 82.9 Å². The first-order valence-corrected chi connectivity index (χ1v) is 9.08. The molecule has 0 aromatic carbocycles. The van der Waals surface area contributed by atoms with Gasteiger partial charge in [0.25, 0.3) is 0 Å². The lowest BCUT2D eigenvalue weighted by Gasteiger charge is -2.19. The van der Waals surface area contributed by atoms with Crippen LogP contribution in [0.4, 0.5) is 0 Å². The van der Waals surface area contributed by atoms with Crippen LogP contribution in [0.15, 0.2) is 29.0 Å². The number of rotatable bonds is 4. The molecule has 1 N–H and O–H groups in total. The van der Waals surface area contributed by atoms with E-state index in [4.69, 9.17) is 14.4 Å². The van der Waals surface area contributed by atoms with Crippen LogP contribution in [0.2, 0.25) is 0 Å². The summed E-state index contributed by atoms with van der Waals surface area (Å²) in [6, 6.07) is 4.35. The van der Waals surface area contributed by atoms with Gasteiger partial charge in [-0.2, -0.15) is 5.10 Å². The van der Waals surface area contributed by atoms with E-state index in [0.29, 0.717) is 19.1 Å². The van der Waals surface area contributed by atoms with Crippen molar-refractivity contribution in [1.29, 1.82) is 0 Å². The first-order chi connectivity index (χ1) is 12.8. The first-order valence-electron chi connectivity index (χ1n) is 9.08. The molecule has 0 amide bonds. The molecule has 136 valence electrons. The number of nitrogens with zero attached hydrogens (tertiary/aromatic N) is 5. The van der Waals surface area contributed by atoms with Crippen molar-refractivity contribution in [2.45, 2.75) is 32.5 Å². The van der Waals surface area contributed by atoms with Gasteiger partial charge < -0.3 is 19.1 Å². The fraction of sp³-hybridized carbons (Fsp3) is 0.500. The van der Waals surface area contributed by atoms with Crippen LogP contribution >= 0.6 is 0 Å². The molecule has 2 aliphatic heterocycles. The van der Waals surface area contributed by atoms with Crippen molar-refractivity contribution >= 4 is 0 Å². The highest BCUT2D eigenvalue weighted by Crippen LogP contribution is 2.32. The molecule has 2 aliphatic rings. The SMILES string of the molecule is Cc1cc(C[C@@H]2COC[C@@H]2n2ccnc2-c2cc3n(n2)CCNC3)on1. The molecule has 0 saturated carbocycles. The molecule has 5 heterocycles. The minimum atomic E-state index is 0.217. The van der Waals surface area contributed by atoms with Crippen molar-refractivity contribution in [3.05, 3.63) is 41.7 Å². The van der Waals surface area contributed by atoms with Gasteiger partial charge in [-0.05, 0) is 13.0 Å². The van der Waals surface area contributed by atoms with E-state index in [9.17, 15) is 0 Å². The number of imidazole rings is 1. The van der Waals surface area contributed by atoms with Crippen molar-refractivity contribution in [2.24, 2.45) is 5.92 Å². The van der Waals surface area contributed by atoms with Gasteiger partial charge >= 0.3 is 0 Å². The quantitative estimate of drug-likeness (QED) is 0.766. The third-order valence-electron chi connectivity index (χ3n) is 5.23. The minimum absolute atomic E-state index is 0.217. The molecule has 0 spiro atoms. The van der Waals surface area contributed by atoms with Gasteiger partial charge in [-0.1, -0.05) is 5.16 Å². The van der Waals surface area contributed by atoms with E-state index < -0.39 is 0 Å². The van der Waals surface area contributed by atoms with Crippen LogP contribution in [-0.4, -0.2) is 44.2 Å². The summed E-state index contributed by atoms with van der Waals surface area (Å²) in [6.07, 6.45) is 4.69. The van der Waals surface area contributed by atoms with Crippen LogP contribution in [0.3, 0.4) is 0 Å². The maximum Gasteiger partial charge on any atom is 0.160 e. The molecular formula is C18H22N6O2. The van der Waals surface area contributed by atoms with Crippen molar-refractivity contribution < 1.29 is 9.26 Å². The molecule has 26 heavy (non-hydrogen) atoms. The fourth-order valence-electron chi connectivity index (χ4n) is 3.94. The molecule has 3 aromatic rings. The number of ether oxygens (including phenoxy) is 1. The summed E-state index contributed by atoms with van der Waals surface area (Å²) in [5.41, 5.74) is 3.04. The zero-order valence-corrected chi connectivity index (χ0v) is 14.8. The maximum atomic E-state index is 5.80. The van der Waals surface area contributed by atoms with E-state index in [0.717, 1.165) is 49.0 Å². The Morgan fingerprint density at radius 3 is 3.12 bits per heavy atom. The Morgan fingerprint density at radius 2 is 2.27 bits per heavy atom. The average molecular weight is 354 g/mol. The van der Waals surface area contributed by atoms with Gasteiger partial charge in [0, 0.05) is 43.9 Å². The van der Waals surface area contributed by atoms with E-state index >= 15 is 0 Å². The fourth-order valence-corrected chi connectivity index (χ4v) is 3.94. The number of hydrogen-bond acceptors (Lipinski definition) is 6. The van der Waals surface area contributed by atoms with E-state index in [2.05, 4.69) is 30.8 Å². The normalized spacial score (nSPS) is 22.7. The van der Waals surface area contributed by atoms with Crippen molar-refractivity contribution in [3.8, 4) is 11.5 Å². The molecule has 2 atom stereocenters. The summed E-state index contributed by atoms with van der Waals surface area (Å²) in [5, 5.41) is 12.1. The van der Waals surface area contributed by atoms with Crippen LogP contribution in [0.25, 0.3) is 11.5 Å². The molecule has 0 radical (unpaired) electrons. The van der Waals surface area contributed by atoms with Crippen LogP contribution in [0, 0.1) is 12.8 Å². The third-order valence-corrected chi connectivity index (χ3v) is 5.23. The summed E-state index contributed by atoms with van der Waals surface area (Å²) in [6.45, 7) is 6.04. The minimum Gasteiger partial charge on any atom is -0.379 e. The Hall–Kier alpha value is -2.45. The number of fused-ring (bicyclic) bond motifs is 1. The predicted octanol–water partition coefficient (Wildman–Crippen LogP) is 1.58. The van der Waals surface area contributed by atoms with Gasteiger partial charge in [-0.25, -0.2) is 4.98 Å². The monoisotopic (exact) mass is 354 g/mol. The Balaban J connectivity index is 1.43. The average Bonchev–Trinajstić information content (AvgIpc) is 3.40. The zero-order chi connectivity index (χ0) is 17.5. The van der Waals surface area contributed by atoms with E-state index in [1.807, 2.05) is 25.4 Å². The Bertz CT molecular complexity index is 887. The van der Waals surface area contributed by atoms with E-state index in [1.165, 1.54) is 5.69 Å². The van der Waals surface area contributed by atoms with Gasteiger partial charge in [0.1, 0.15) is 11.5 Å². The molecule has 1 fully saturated rings. The molecule has 0 aliphatic carbocycles. The second-order valence-corrected chi connectivity index (χ2v) is 7.08. The van der Waals surface area contributed by atoms with E-state index in [-0.39, 0.29) is 6.04 Å². The smallest absolute Gasteiger partial charge is 0.160 e. The summed E-state index contributed by atoms with van der Waals surface area (Å²) >= 11 is 0. The molecule has 0 bridgehead atoms. The summed E-state index contributed by atoms with van der Waals surface area (Å²) in [5.74, 6) is 2.14. The zero-order valence-electron chi connectivity index (χ0n) is 14.8. The molecule has 5 rings (SSSR count). The Kier molecular flexibility index (Phi) is 3.86. The van der Waals surface area contributed by atoms with Gasteiger partial charge in [0.2, 0.25) is 0 Å². The highest BCUT2D eigenvalue weighted by molar-refractivity contribution is 5.51. The molecular weight excluding hydrogens is 332 g/mol. The van der Waals surface area contributed by atoms with Crippen LogP contribution in [0.5, 0.6) is 0 Å². The molecule has 0 unspecified atom stereocenters. The molecule has 8 nitrogen and oxygen atoms in total. The number of aryl methyl sites for hydroxylation is 1. The van der Waals surface area contributed by atoms with Gasteiger partial charge in [0.05, 0.1) is 37.2 Å². The number of aromatic nitrogens is 5. The Morgan fingerprint density at radius 1 is 1.31 bits per heavy atom. The largest absolute Gasteiger partial charge is 0.379 e. The standard InChI is InChI=1S/C18H22N6O2/c1-12-6-15(26-22-12)7-13-10-25-11-17(13)23-4-3-20-18(23)16-8-14-9-19-2-5-24(14)21-16/h3-4,6,8,13,17,19H,2,5,7,9-11H2,1H3/t13-,17+/m1/s1. The van der Waals surface area contributed by atoms with Crippen molar-refractivity contribution in [2.75, 3.05) is 19.8 Å². The van der Waals surface area contributed by atoms with Crippen LogP contribution in [0.1, 0.15) is 23.2 Å². The summed E-state index contributed by atoms with van der Waals surface area (Å²) < 4.78 is 15.5. The number of nitrogens with one attached hydrogen (secondary N) is 1. The molecule has 3 aromatic heterocycles. The van der Waals surface area contributed by atoms with Gasteiger partial charge in [-0.3, -0.25) is 4.68 Å². The highest BCUT2D eigenvalue weighted by atomic mass is 16.5. The predicted molar refractivity (Wildman–Crippen MR) is 93.4 cm³/mol. The van der Waals surface area contributed by atoms with Gasteiger partial charge in [0.15, 0.2) is 5.82 Å². The molecule has 1 saturated heterocycles. The Labute approximate surface area is 151 Å². The number of hydrogen-bond donors (Lipinski definition) is 1. The third kappa shape index (κ3) is 2.75. The highest BCUT2D eigenvalue weighted by Gasteiger charge is 2.32. The van der Waals surface area contributed by atoms with Crippen molar-refractivity contribution in [1.82, 2.24) is 29.8 Å². The van der Waals surface area contributed by atoms with Crippen molar-refractivity contribution in [3.63, 3.8) is 0 Å². The molecule has 8 heteroatoms. The van der Waals surface area contributed by atoms with E-state index in [1.54, 1.807) is 0 Å². The second-order valence-electron chi connectivity index (χ2n) is 7.08. The first kappa shape index (κ1) is 15.8. The summed E-state index contributed by atoms with van der Waals surface area (Å²) in [4.78, 5) is 4.60. The lowest BCUT2D eigenvalue weighted by molar-refractivity contribution is 0.180. The second kappa shape index (κ2) is 6.37. The van der Waals surface area contributed by atoms with Crippen LogP contribution < -0.4 is 5.32 Å². The maximum absolute atomic E-state index is 5.80. The lowest BCUT2D eigenvalue weighted by Crippen LogP contribution is -2.28. The van der Waals surface area contributed by atoms with Gasteiger partial charge in [-0.15, -0.1) is 0 Å². The van der Waals surface area contributed by atoms with Crippen LogP contribution in [-0.2, 0) is 24.2 Å².